The minimum absolute atomic E-state index is 0.137. The molecule has 0 aliphatic rings. The highest BCUT2D eigenvalue weighted by atomic mass is 79.9. The third kappa shape index (κ3) is 3.43. The minimum atomic E-state index is -3.30. The molecule has 0 amide bonds. The molecule has 0 spiro atoms. The molecule has 0 aliphatic carbocycles. The van der Waals surface area contributed by atoms with Crippen LogP contribution in [0.5, 0.6) is 0 Å². The number of anilines is 1. The zero-order valence-corrected chi connectivity index (χ0v) is 15.2. The fourth-order valence-corrected chi connectivity index (χ4v) is 3.74. The number of fused-ring (bicyclic) bond motifs is 1. The van der Waals surface area contributed by atoms with Gasteiger partial charge in [0.15, 0.2) is 0 Å². The Balaban J connectivity index is 2.08. The van der Waals surface area contributed by atoms with Crippen LogP contribution in [0.3, 0.4) is 0 Å². The van der Waals surface area contributed by atoms with Crippen molar-refractivity contribution < 1.29 is 8.42 Å². The van der Waals surface area contributed by atoms with Gasteiger partial charge in [-0.05, 0) is 42.8 Å². The van der Waals surface area contributed by atoms with Crippen LogP contribution in [0.4, 0.5) is 5.69 Å². The summed E-state index contributed by atoms with van der Waals surface area (Å²) in [5.74, 6) is 0. The Bertz CT molecular complexity index is 964. The summed E-state index contributed by atoms with van der Waals surface area (Å²) in [7, 11) is -3.30. The zero-order chi connectivity index (χ0) is 16.6. The molecule has 4 nitrogen and oxygen atoms in total. The largest absolute Gasteiger partial charge is 0.340 e. The Morgan fingerprint density at radius 2 is 1.87 bits per heavy atom. The van der Waals surface area contributed by atoms with Crippen molar-refractivity contribution in [3.63, 3.8) is 0 Å². The molecule has 3 aromatic rings. The van der Waals surface area contributed by atoms with Crippen molar-refractivity contribution in [2.24, 2.45) is 0 Å². The summed E-state index contributed by atoms with van der Waals surface area (Å²) in [6.07, 6.45) is 3.15. The van der Waals surface area contributed by atoms with E-state index in [1.165, 1.54) is 5.56 Å². The first-order valence-corrected chi connectivity index (χ1v) is 9.86. The average molecular weight is 393 g/mol. The van der Waals surface area contributed by atoms with Crippen LogP contribution in [0, 0.1) is 0 Å². The topological polar surface area (TPSA) is 51.1 Å². The molecule has 1 heterocycles. The normalized spacial score (nSPS) is 13.2. The van der Waals surface area contributed by atoms with E-state index in [4.69, 9.17) is 0 Å². The van der Waals surface area contributed by atoms with E-state index >= 15 is 0 Å². The van der Waals surface area contributed by atoms with E-state index in [0.717, 1.165) is 21.6 Å². The van der Waals surface area contributed by atoms with E-state index in [-0.39, 0.29) is 6.04 Å². The van der Waals surface area contributed by atoms with Gasteiger partial charge in [-0.1, -0.05) is 34.1 Å². The summed E-state index contributed by atoms with van der Waals surface area (Å²) in [6.45, 7) is 2.12. The van der Waals surface area contributed by atoms with Gasteiger partial charge in [-0.3, -0.25) is 4.72 Å². The lowest BCUT2D eigenvalue weighted by Crippen LogP contribution is -2.10. The SMILES string of the molecule is CC(c1cccc(Br)c1)n1ccc2c(NS(C)(=O)=O)cccc21. The molecule has 23 heavy (non-hydrogen) atoms. The summed E-state index contributed by atoms with van der Waals surface area (Å²) < 4.78 is 28.8. The third-order valence-corrected chi connectivity index (χ3v) is 4.89. The predicted molar refractivity (Wildman–Crippen MR) is 98.4 cm³/mol. The molecule has 0 aliphatic heterocycles. The van der Waals surface area contributed by atoms with Gasteiger partial charge in [-0.2, -0.15) is 0 Å². The third-order valence-electron chi connectivity index (χ3n) is 3.81. The summed E-state index contributed by atoms with van der Waals surface area (Å²) in [6, 6.07) is 15.9. The van der Waals surface area contributed by atoms with Crippen LogP contribution >= 0.6 is 15.9 Å². The second kappa shape index (κ2) is 6.02. The molecule has 0 saturated heterocycles. The molecule has 2 aromatic carbocycles. The first kappa shape index (κ1) is 16.1. The Morgan fingerprint density at radius 1 is 1.13 bits per heavy atom. The van der Waals surface area contributed by atoms with Gasteiger partial charge in [0.1, 0.15) is 0 Å². The lowest BCUT2D eigenvalue weighted by Gasteiger charge is -2.16. The average Bonchev–Trinajstić information content (AvgIpc) is 2.90. The van der Waals surface area contributed by atoms with Crippen LogP contribution in [-0.4, -0.2) is 19.2 Å². The Labute approximate surface area is 144 Å². The Hall–Kier alpha value is -1.79. The van der Waals surface area contributed by atoms with Crippen molar-refractivity contribution in [3.05, 3.63) is 64.8 Å². The predicted octanol–water partition coefficient (Wildman–Crippen LogP) is 4.38. The van der Waals surface area contributed by atoms with Gasteiger partial charge in [0.2, 0.25) is 10.0 Å². The minimum Gasteiger partial charge on any atom is -0.340 e. The van der Waals surface area contributed by atoms with Crippen molar-refractivity contribution >= 4 is 42.5 Å². The van der Waals surface area contributed by atoms with Gasteiger partial charge in [0, 0.05) is 16.1 Å². The molecule has 120 valence electrons. The van der Waals surface area contributed by atoms with Crippen LogP contribution in [0.2, 0.25) is 0 Å². The molecule has 3 rings (SSSR count). The number of nitrogens with zero attached hydrogens (tertiary/aromatic N) is 1. The number of benzene rings is 2. The van der Waals surface area contributed by atoms with Crippen LogP contribution in [-0.2, 0) is 10.0 Å². The Kier molecular flexibility index (Phi) is 4.21. The molecule has 1 N–H and O–H groups in total. The van der Waals surface area contributed by atoms with Gasteiger partial charge >= 0.3 is 0 Å². The van der Waals surface area contributed by atoms with Crippen LogP contribution in [0.25, 0.3) is 10.9 Å². The van der Waals surface area contributed by atoms with E-state index in [2.05, 4.69) is 44.3 Å². The standard InChI is InChI=1S/C17H17BrN2O2S/c1-12(13-5-3-6-14(18)11-13)20-10-9-15-16(19-23(2,21)22)7-4-8-17(15)20/h3-12,19H,1-2H3. The van der Waals surface area contributed by atoms with E-state index in [1.807, 2.05) is 36.5 Å². The highest BCUT2D eigenvalue weighted by molar-refractivity contribution is 9.10. The quantitative estimate of drug-likeness (QED) is 0.715. The van der Waals surface area contributed by atoms with Gasteiger partial charge < -0.3 is 4.57 Å². The van der Waals surface area contributed by atoms with Gasteiger partial charge in [-0.25, -0.2) is 8.42 Å². The molecule has 0 bridgehead atoms. The molecule has 6 heteroatoms. The lowest BCUT2D eigenvalue weighted by atomic mass is 10.1. The summed E-state index contributed by atoms with van der Waals surface area (Å²) in [5, 5.41) is 0.889. The van der Waals surface area contributed by atoms with E-state index in [9.17, 15) is 8.42 Å². The maximum atomic E-state index is 11.5. The Morgan fingerprint density at radius 3 is 2.57 bits per heavy atom. The number of halogens is 1. The van der Waals surface area contributed by atoms with Crippen molar-refractivity contribution in [2.45, 2.75) is 13.0 Å². The zero-order valence-electron chi connectivity index (χ0n) is 12.8. The molecule has 1 aromatic heterocycles. The summed E-state index contributed by atoms with van der Waals surface area (Å²) in [5.41, 5.74) is 2.77. The smallest absolute Gasteiger partial charge is 0.229 e. The van der Waals surface area contributed by atoms with Crippen LogP contribution in [0.15, 0.2) is 59.2 Å². The molecule has 0 radical (unpaired) electrons. The van der Waals surface area contributed by atoms with E-state index in [0.29, 0.717) is 5.69 Å². The molecule has 1 atom stereocenters. The van der Waals surface area contributed by atoms with Gasteiger partial charge in [0.05, 0.1) is 23.5 Å². The molecule has 1 unspecified atom stereocenters. The maximum absolute atomic E-state index is 11.5. The van der Waals surface area contributed by atoms with Gasteiger partial charge in [0.25, 0.3) is 0 Å². The number of hydrogen-bond donors (Lipinski definition) is 1. The van der Waals surface area contributed by atoms with E-state index < -0.39 is 10.0 Å². The van der Waals surface area contributed by atoms with Crippen LogP contribution < -0.4 is 4.72 Å². The lowest BCUT2D eigenvalue weighted by molar-refractivity contribution is 0.607. The first-order chi connectivity index (χ1) is 10.8. The molecular weight excluding hydrogens is 376 g/mol. The highest BCUT2D eigenvalue weighted by Gasteiger charge is 2.13. The first-order valence-electron chi connectivity index (χ1n) is 7.18. The number of aromatic nitrogens is 1. The number of rotatable bonds is 4. The fourth-order valence-electron chi connectivity index (χ4n) is 2.74. The summed E-state index contributed by atoms with van der Waals surface area (Å²) in [4.78, 5) is 0. The van der Waals surface area contributed by atoms with E-state index in [1.54, 1.807) is 6.07 Å². The van der Waals surface area contributed by atoms with Gasteiger partial charge in [-0.15, -0.1) is 0 Å². The molecular formula is C17H17BrN2O2S. The van der Waals surface area contributed by atoms with Crippen molar-refractivity contribution in [1.82, 2.24) is 4.57 Å². The van der Waals surface area contributed by atoms with Crippen molar-refractivity contribution in [1.29, 1.82) is 0 Å². The van der Waals surface area contributed by atoms with Crippen molar-refractivity contribution in [2.75, 3.05) is 11.0 Å². The van der Waals surface area contributed by atoms with Crippen molar-refractivity contribution in [3.8, 4) is 0 Å². The highest BCUT2D eigenvalue weighted by Crippen LogP contribution is 2.30. The number of sulfonamides is 1. The second-order valence-corrected chi connectivity index (χ2v) is 8.23. The fraction of sp³-hybridized carbons (Fsp3) is 0.176. The second-order valence-electron chi connectivity index (χ2n) is 5.57. The molecule has 0 saturated carbocycles. The maximum Gasteiger partial charge on any atom is 0.229 e. The monoisotopic (exact) mass is 392 g/mol. The number of hydrogen-bond acceptors (Lipinski definition) is 2. The summed E-state index contributed by atoms with van der Waals surface area (Å²) >= 11 is 3.50. The molecule has 0 fully saturated rings. The van der Waals surface area contributed by atoms with Crippen LogP contribution in [0.1, 0.15) is 18.5 Å². The number of nitrogens with one attached hydrogen (secondary N) is 1.